The van der Waals surface area contributed by atoms with Gasteiger partial charge in [0.15, 0.2) is 11.4 Å². The fourth-order valence-electron chi connectivity index (χ4n) is 2.90. The average molecular weight is 303 g/mol. The Balaban J connectivity index is 2.00. The lowest BCUT2D eigenvalue weighted by molar-refractivity contribution is 0.661. The molecule has 2 aromatic heterocycles. The zero-order valence-corrected chi connectivity index (χ0v) is 12.4. The molecule has 0 saturated carbocycles. The van der Waals surface area contributed by atoms with Crippen LogP contribution in [-0.2, 0) is 0 Å². The van der Waals surface area contributed by atoms with Crippen molar-refractivity contribution < 1.29 is 4.42 Å². The molecule has 0 aliphatic carbocycles. The number of fused-ring (bicyclic) bond motifs is 3. The summed E-state index contributed by atoms with van der Waals surface area (Å²) in [5, 5.41) is 1.60. The van der Waals surface area contributed by atoms with Crippen LogP contribution < -0.4 is 10.6 Å². The maximum absolute atomic E-state index is 6.09. The fraction of sp³-hybridized carbons (Fsp3) is 0.333. The first kappa shape index (κ1) is 12.9. The Bertz CT molecular complexity index is 844. The first-order valence-electron chi connectivity index (χ1n) is 6.99. The monoisotopic (exact) mass is 302 g/mol. The smallest absolute Gasteiger partial charge is 0.196 e. The normalized spacial score (nSPS) is 19.0. The third-order valence-corrected chi connectivity index (χ3v) is 4.13. The number of nitrogens with two attached hydrogens (primary N) is 1. The summed E-state index contributed by atoms with van der Waals surface area (Å²) < 4.78 is 5.98. The topological polar surface area (TPSA) is 68.2 Å². The van der Waals surface area contributed by atoms with Crippen LogP contribution in [0.2, 0.25) is 5.02 Å². The van der Waals surface area contributed by atoms with Gasteiger partial charge in [-0.05, 0) is 31.5 Å². The van der Waals surface area contributed by atoms with Crippen molar-refractivity contribution in [2.45, 2.75) is 19.4 Å². The van der Waals surface area contributed by atoms with E-state index in [9.17, 15) is 0 Å². The molecule has 1 fully saturated rings. The molecule has 1 aromatic carbocycles. The molecule has 1 unspecified atom stereocenters. The Morgan fingerprint density at radius 3 is 3.00 bits per heavy atom. The molecule has 21 heavy (non-hydrogen) atoms. The van der Waals surface area contributed by atoms with Gasteiger partial charge in [0.2, 0.25) is 0 Å². The Morgan fingerprint density at radius 1 is 1.38 bits per heavy atom. The molecule has 0 radical (unpaired) electrons. The number of aryl methyl sites for hydroxylation is 1. The van der Waals surface area contributed by atoms with Crippen LogP contribution >= 0.6 is 11.6 Å². The molecule has 0 amide bonds. The number of aromatic nitrogens is 2. The van der Waals surface area contributed by atoms with Crippen molar-refractivity contribution in [2.24, 2.45) is 5.73 Å². The van der Waals surface area contributed by atoms with Crippen LogP contribution in [0.25, 0.3) is 22.1 Å². The first-order chi connectivity index (χ1) is 10.1. The molecule has 1 atom stereocenters. The van der Waals surface area contributed by atoms with E-state index >= 15 is 0 Å². The number of anilines is 1. The van der Waals surface area contributed by atoms with Gasteiger partial charge < -0.3 is 15.1 Å². The number of rotatable bonds is 1. The lowest BCUT2D eigenvalue weighted by atomic mass is 10.2. The Kier molecular flexibility index (Phi) is 2.80. The van der Waals surface area contributed by atoms with Gasteiger partial charge in [0.1, 0.15) is 16.9 Å². The van der Waals surface area contributed by atoms with E-state index in [2.05, 4.69) is 14.9 Å². The molecule has 0 spiro atoms. The standard InChI is InChI=1S/C15H15ClN4O/c1-8-18-13-11-6-9(16)2-3-12(11)21-14(13)15(19-8)20-5-4-10(17)7-20/h2-3,6,10H,4-5,7,17H2,1H3. The van der Waals surface area contributed by atoms with Gasteiger partial charge in [-0.25, -0.2) is 9.97 Å². The zero-order chi connectivity index (χ0) is 14.6. The Hall–Kier alpha value is -1.85. The molecule has 5 nitrogen and oxygen atoms in total. The molecule has 3 heterocycles. The minimum Gasteiger partial charge on any atom is -0.450 e. The first-order valence-corrected chi connectivity index (χ1v) is 7.36. The largest absolute Gasteiger partial charge is 0.450 e. The van der Waals surface area contributed by atoms with Crippen LogP contribution in [0, 0.1) is 6.92 Å². The van der Waals surface area contributed by atoms with Crippen LogP contribution in [0.5, 0.6) is 0 Å². The zero-order valence-electron chi connectivity index (χ0n) is 11.6. The highest BCUT2D eigenvalue weighted by Gasteiger charge is 2.25. The second-order valence-corrected chi connectivity index (χ2v) is 5.95. The lowest BCUT2D eigenvalue weighted by Gasteiger charge is -2.16. The van der Waals surface area contributed by atoms with Crippen LogP contribution in [0.1, 0.15) is 12.2 Å². The van der Waals surface area contributed by atoms with Gasteiger partial charge in [-0.15, -0.1) is 0 Å². The van der Waals surface area contributed by atoms with E-state index in [1.807, 2.05) is 25.1 Å². The summed E-state index contributed by atoms with van der Waals surface area (Å²) in [6.45, 7) is 3.58. The van der Waals surface area contributed by atoms with Crippen LogP contribution in [0.3, 0.4) is 0 Å². The molecule has 1 aliphatic rings. The van der Waals surface area contributed by atoms with Gasteiger partial charge in [-0.2, -0.15) is 0 Å². The molecular weight excluding hydrogens is 288 g/mol. The molecule has 1 saturated heterocycles. The summed E-state index contributed by atoms with van der Waals surface area (Å²) in [6.07, 6.45) is 0.969. The van der Waals surface area contributed by atoms with Crippen molar-refractivity contribution in [3.05, 3.63) is 29.0 Å². The van der Waals surface area contributed by atoms with Gasteiger partial charge in [0.05, 0.1) is 0 Å². The van der Waals surface area contributed by atoms with E-state index in [-0.39, 0.29) is 6.04 Å². The quantitative estimate of drug-likeness (QED) is 0.748. The molecule has 4 rings (SSSR count). The molecule has 2 N–H and O–H groups in total. The SMILES string of the molecule is Cc1nc(N2CCC(N)C2)c2oc3ccc(Cl)cc3c2n1. The minimum atomic E-state index is 0.189. The molecule has 108 valence electrons. The summed E-state index contributed by atoms with van der Waals surface area (Å²) in [5.41, 5.74) is 8.31. The highest BCUT2D eigenvalue weighted by atomic mass is 35.5. The van der Waals surface area contributed by atoms with Gasteiger partial charge in [-0.3, -0.25) is 0 Å². The second kappa shape index (κ2) is 4.58. The number of benzene rings is 1. The molecule has 1 aliphatic heterocycles. The van der Waals surface area contributed by atoms with E-state index in [1.54, 1.807) is 0 Å². The Morgan fingerprint density at radius 2 is 2.24 bits per heavy atom. The van der Waals surface area contributed by atoms with E-state index in [4.69, 9.17) is 21.8 Å². The predicted molar refractivity (Wildman–Crippen MR) is 83.9 cm³/mol. The summed E-state index contributed by atoms with van der Waals surface area (Å²) in [4.78, 5) is 11.3. The maximum atomic E-state index is 6.09. The van der Waals surface area contributed by atoms with Gasteiger partial charge in [-0.1, -0.05) is 11.6 Å². The second-order valence-electron chi connectivity index (χ2n) is 5.51. The molecule has 6 heteroatoms. The van der Waals surface area contributed by atoms with Gasteiger partial charge in [0.25, 0.3) is 0 Å². The van der Waals surface area contributed by atoms with Crippen molar-refractivity contribution in [3.63, 3.8) is 0 Å². The summed E-state index contributed by atoms with van der Waals surface area (Å²) in [5.74, 6) is 1.55. The minimum absolute atomic E-state index is 0.189. The van der Waals surface area contributed by atoms with Crippen molar-refractivity contribution in [3.8, 4) is 0 Å². The molecular formula is C15H15ClN4O. The van der Waals surface area contributed by atoms with Gasteiger partial charge in [0, 0.05) is 29.5 Å². The van der Waals surface area contributed by atoms with E-state index in [1.165, 1.54) is 0 Å². The maximum Gasteiger partial charge on any atom is 0.196 e. The fourth-order valence-corrected chi connectivity index (χ4v) is 3.08. The van der Waals surface area contributed by atoms with Crippen LogP contribution in [0.15, 0.2) is 22.6 Å². The summed E-state index contributed by atoms with van der Waals surface area (Å²) in [7, 11) is 0. The van der Waals surface area contributed by atoms with Gasteiger partial charge >= 0.3 is 0 Å². The highest BCUT2D eigenvalue weighted by Crippen LogP contribution is 2.35. The van der Waals surface area contributed by atoms with E-state index < -0.39 is 0 Å². The third-order valence-electron chi connectivity index (χ3n) is 3.89. The van der Waals surface area contributed by atoms with Crippen molar-refractivity contribution in [1.29, 1.82) is 0 Å². The Labute approximate surface area is 126 Å². The van der Waals surface area contributed by atoms with Crippen molar-refractivity contribution in [1.82, 2.24) is 9.97 Å². The molecule has 0 bridgehead atoms. The number of hydrogen-bond donors (Lipinski definition) is 1. The van der Waals surface area contributed by atoms with Crippen molar-refractivity contribution in [2.75, 3.05) is 18.0 Å². The number of halogens is 1. The lowest BCUT2D eigenvalue weighted by Crippen LogP contribution is -2.27. The summed E-state index contributed by atoms with van der Waals surface area (Å²) >= 11 is 6.09. The predicted octanol–water partition coefficient (Wildman–Crippen LogP) is 2.88. The van der Waals surface area contributed by atoms with E-state index in [0.717, 1.165) is 47.6 Å². The average Bonchev–Trinajstić information content (AvgIpc) is 3.02. The number of nitrogens with zero attached hydrogens (tertiary/aromatic N) is 3. The highest BCUT2D eigenvalue weighted by molar-refractivity contribution is 6.31. The summed E-state index contributed by atoms with van der Waals surface area (Å²) in [6, 6.07) is 5.76. The van der Waals surface area contributed by atoms with Crippen LogP contribution in [0.4, 0.5) is 5.82 Å². The third kappa shape index (κ3) is 2.04. The molecule has 3 aromatic rings. The number of hydrogen-bond acceptors (Lipinski definition) is 5. The van der Waals surface area contributed by atoms with Crippen molar-refractivity contribution >= 4 is 39.5 Å². The van der Waals surface area contributed by atoms with Crippen LogP contribution in [-0.4, -0.2) is 29.1 Å². The number of furan rings is 1. The van der Waals surface area contributed by atoms with E-state index in [0.29, 0.717) is 10.6 Å².